The Balaban J connectivity index is 1.74. The first kappa shape index (κ1) is 16.3. The number of hydrogen-bond acceptors (Lipinski definition) is 3. The third kappa shape index (κ3) is 4.44. The predicted molar refractivity (Wildman–Crippen MR) is 81.5 cm³/mol. The van der Waals surface area contributed by atoms with Crippen molar-refractivity contribution in [2.45, 2.75) is 27.7 Å². The molecule has 1 saturated heterocycles. The second-order valence-corrected chi connectivity index (χ2v) is 5.58. The molecule has 1 saturated carbocycles. The van der Waals surface area contributed by atoms with Crippen molar-refractivity contribution in [1.82, 2.24) is 9.80 Å². The van der Waals surface area contributed by atoms with E-state index in [0.29, 0.717) is 0 Å². The van der Waals surface area contributed by atoms with Gasteiger partial charge in [0, 0.05) is 38.7 Å². The summed E-state index contributed by atoms with van der Waals surface area (Å²) in [5.74, 6) is 5.56. The average Bonchev–Trinajstić information content (AvgIpc) is 2.82. The maximum Gasteiger partial charge on any atom is 0.146 e. The molecule has 110 valence electrons. The van der Waals surface area contributed by atoms with E-state index in [4.69, 9.17) is 4.74 Å². The van der Waals surface area contributed by atoms with Crippen LogP contribution in [-0.4, -0.2) is 49.2 Å². The van der Waals surface area contributed by atoms with Crippen molar-refractivity contribution >= 4 is 0 Å². The van der Waals surface area contributed by atoms with Gasteiger partial charge in [0.05, 0.1) is 6.61 Å². The van der Waals surface area contributed by atoms with Gasteiger partial charge < -0.3 is 4.74 Å². The van der Waals surface area contributed by atoms with Crippen molar-refractivity contribution in [1.29, 1.82) is 0 Å². The summed E-state index contributed by atoms with van der Waals surface area (Å²) >= 11 is 0. The minimum atomic E-state index is 0.791. The Morgan fingerprint density at radius 3 is 2.40 bits per heavy atom. The third-order valence-electron chi connectivity index (χ3n) is 3.82. The van der Waals surface area contributed by atoms with Gasteiger partial charge in [-0.1, -0.05) is 20.8 Å². The molecule has 8 radical (unpaired) electrons. The molecule has 0 atom stereocenters. The molecule has 3 nitrogen and oxygen atoms in total. The van der Waals surface area contributed by atoms with Gasteiger partial charge in [-0.3, -0.25) is 9.80 Å². The summed E-state index contributed by atoms with van der Waals surface area (Å²) in [6, 6.07) is 0. The Kier molecular flexibility index (Phi) is 6.31. The van der Waals surface area contributed by atoms with Crippen molar-refractivity contribution in [3.63, 3.8) is 0 Å². The zero-order valence-electron chi connectivity index (χ0n) is 13.2. The standard InChI is InChI=1S/C17H26N2O/c1-5-20-9-8-18-6-7-19(13-18)12-17-15(3)10-14(2)11-16(17)4/h10-11H,5-9,12H2,1-4H3. The summed E-state index contributed by atoms with van der Waals surface area (Å²) in [6.07, 6.45) is 4.54. The fourth-order valence-electron chi connectivity index (χ4n) is 2.79. The zero-order chi connectivity index (χ0) is 14.5. The molecule has 0 N–H and O–H groups in total. The summed E-state index contributed by atoms with van der Waals surface area (Å²) in [5.41, 5.74) is 0. The largest absolute Gasteiger partial charge is 0.380 e. The first-order chi connectivity index (χ1) is 9.60. The maximum atomic E-state index is 5.40. The van der Waals surface area contributed by atoms with Gasteiger partial charge >= 0.3 is 0 Å². The van der Waals surface area contributed by atoms with Crippen LogP contribution in [0.15, 0.2) is 0 Å². The van der Waals surface area contributed by atoms with Crippen LogP contribution in [0.5, 0.6) is 0 Å². The Morgan fingerprint density at radius 1 is 1.10 bits per heavy atom. The monoisotopic (exact) mass is 274 g/mol. The molecule has 3 heteroatoms. The van der Waals surface area contributed by atoms with E-state index in [-0.39, 0.29) is 0 Å². The lowest BCUT2D eigenvalue weighted by Crippen LogP contribution is -2.34. The van der Waals surface area contributed by atoms with E-state index in [1.165, 1.54) is 23.7 Å². The summed E-state index contributed by atoms with van der Waals surface area (Å²) in [6.45, 7) is 17.7. The first-order valence-electron chi connectivity index (χ1n) is 7.50. The van der Waals surface area contributed by atoms with Crippen molar-refractivity contribution in [3.05, 3.63) is 43.2 Å². The van der Waals surface area contributed by atoms with Crippen LogP contribution >= 0.6 is 0 Å². The van der Waals surface area contributed by atoms with E-state index in [1.807, 2.05) is 6.92 Å². The van der Waals surface area contributed by atoms with Crippen LogP contribution in [0.3, 0.4) is 0 Å². The lowest BCUT2D eigenvalue weighted by atomic mass is 9.69. The van der Waals surface area contributed by atoms with Crippen LogP contribution < -0.4 is 0 Å². The highest BCUT2D eigenvalue weighted by Gasteiger charge is 2.35. The van der Waals surface area contributed by atoms with Crippen LogP contribution in [0.1, 0.15) is 27.7 Å². The van der Waals surface area contributed by atoms with Crippen LogP contribution in [0.25, 0.3) is 0 Å². The van der Waals surface area contributed by atoms with Gasteiger partial charge in [0.25, 0.3) is 0 Å². The third-order valence-corrected chi connectivity index (χ3v) is 3.82. The molecule has 0 amide bonds. The van der Waals surface area contributed by atoms with Crippen molar-refractivity contribution in [2.24, 2.45) is 0 Å². The second-order valence-electron chi connectivity index (χ2n) is 5.58. The fraction of sp³-hybridized carbons (Fsp3) is 0.588. The summed E-state index contributed by atoms with van der Waals surface area (Å²) in [4.78, 5) is 4.52. The topological polar surface area (TPSA) is 15.7 Å². The van der Waals surface area contributed by atoms with Crippen molar-refractivity contribution < 1.29 is 4.74 Å². The highest BCUT2D eigenvalue weighted by Crippen LogP contribution is 2.42. The number of nitrogens with zero attached hydrogens (tertiary/aromatic N) is 2. The summed E-state index contributed by atoms with van der Waals surface area (Å²) in [5, 5.41) is 0. The molecular formula is C17H26N2O. The lowest BCUT2D eigenvalue weighted by molar-refractivity contribution is 0.125. The SMILES string of the molecule is CCOCCN1[C]N(C[C]2[C](C)[CH][C](C)[CH][C]2C)CC1. The van der Waals surface area contributed by atoms with E-state index in [9.17, 15) is 0 Å². The Bertz CT molecular complexity index is 272. The smallest absolute Gasteiger partial charge is 0.146 e. The summed E-state index contributed by atoms with van der Waals surface area (Å²) in [7, 11) is 0. The first-order valence-corrected chi connectivity index (χ1v) is 7.50. The highest BCUT2D eigenvalue weighted by molar-refractivity contribution is 5.50. The van der Waals surface area contributed by atoms with Crippen molar-refractivity contribution in [2.75, 3.05) is 39.4 Å². The molecule has 20 heavy (non-hydrogen) atoms. The van der Waals surface area contributed by atoms with Crippen LogP contribution in [0, 0.1) is 43.2 Å². The Labute approximate surface area is 125 Å². The van der Waals surface area contributed by atoms with Gasteiger partial charge in [-0.15, -0.1) is 0 Å². The van der Waals surface area contributed by atoms with E-state index in [0.717, 1.165) is 39.4 Å². The minimum Gasteiger partial charge on any atom is -0.380 e. The number of rotatable bonds is 6. The normalized spacial score (nSPS) is 25.8. The molecule has 0 unspecified atom stereocenters. The number of hydrogen-bond donors (Lipinski definition) is 0. The van der Waals surface area contributed by atoms with Gasteiger partial charge in [-0.2, -0.15) is 0 Å². The number of ether oxygens (including phenoxy) is 1. The minimum absolute atomic E-state index is 0.791. The quantitative estimate of drug-likeness (QED) is 0.692. The van der Waals surface area contributed by atoms with Crippen LogP contribution in [-0.2, 0) is 4.74 Å². The molecule has 0 aromatic rings. The van der Waals surface area contributed by atoms with Gasteiger partial charge in [-0.05, 0) is 37.5 Å². The summed E-state index contributed by atoms with van der Waals surface area (Å²) < 4.78 is 5.40. The molecule has 0 aromatic heterocycles. The molecular weight excluding hydrogens is 248 g/mol. The molecule has 0 bridgehead atoms. The molecule has 2 fully saturated rings. The van der Waals surface area contributed by atoms with Crippen LogP contribution in [0.2, 0.25) is 0 Å². The Morgan fingerprint density at radius 2 is 1.75 bits per heavy atom. The van der Waals surface area contributed by atoms with E-state index >= 15 is 0 Å². The van der Waals surface area contributed by atoms with Gasteiger partial charge in [0.2, 0.25) is 0 Å². The van der Waals surface area contributed by atoms with E-state index in [1.54, 1.807) is 0 Å². The molecule has 1 heterocycles. The fourth-order valence-corrected chi connectivity index (χ4v) is 2.79. The maximum absolute atomic E-state index is 5.40. The highest BCUT2D eigenvalue weighted by atomic mass is 16.5. The molecule has 1 aliphatic heterocycles. The van der Waals surface area contributed by atoms with Gasteiger partial charge in [0.15, 0.2) is 0 Å². The van der Waals surface area contributed by atoms with E-state index < -0.39 is 0 Å². The molecule has 0 aromatic carbocycles. The molecule has 2 aliphatic rings. The van der Waals surface area contributed by atoms with Gasteiger partial charge in [0.1, 0.15) is 6.67 Å². The molecule has 1 aliphatic carbocycles. The lowest BCUT2D eigenvalue weighted by Gasteiger charge is -2.37. The van der Waals surface area contributed by atoms with Gasteiger partial charge in [-0.25, -0.2) is 0 Å². The second kappa shape index (κ2) is 7.77. The molecule has 2 rings (SSSR count). The average molecular weight is 274 g/mol. The molecule has 0 spiro atoms. The van der Waals surface area contributed by atoms with Crippen LogP contribution in [0.4, 0.5) is 0 Å². The van der Waals surface area contributed by atoms with Crippen molar-refractivity contribution in [3.8, 4) is 0 Å². The zero-order valence-corrected chi connectivity index (χ0v) is 13.2. The Hall–Kier alpha value is -0.120. The predicted octanol–water partition coefficient (Wildman–Crippen LogP) is 2.42. The van der Waals surface area contributed by atoms with E-state index in [2.05, 4.69) is 50.1 Å².